The van der Waals surface area contributed by atoms with E-state index in [0.29, 0.717) is 24.8 Å². The van der Waals surface area contributed by atoms with Gasteiger partial charge < -0.3 is 15.1 Å². The molecule has 3 aliphatic heterocycles. The Labute approximate surface area is 145 Å². The Bertz CT molecular complexity index is 424. The average Bonchev–Trinajstić information content (AvgIpc) is 2.86. The monoisotopic (exact) mass is 343 g/mol. The van der Waals surface area contributed by atoms with Gasteiger partial charge in [-0.05, 0) is 38.6 Å². The van der Waals surface area contributed by atoms with Crippen molar-refractivity contribution in [2.75, 3.05) is 39.3 Å². The summed E-state index contributed by atoms with van der Waals surface area (Å²) >= 11 is 0. The van der Waals surface area contributed by atoms with Gasteiger partial charge in [0.1, 0.15) is 0 Å². The van der Waals surface area contributed by atoms with E-state index in [2.05, 4.69) is 10.2 Å². The van der Waals surface area contributed by atoms with Crippen molar-refractivity contribution in [3.63, 3.8) is 0 Å². The van der Waals surface area contributed by atoms with Crippen LogP contribution >= 0.6 is 12.4 Å². The Hall–Kier alpha value is -0.810. The lowest BCUT2D eigenvalue weighted by Crippen LogP contribution is -2.47. The van der Waals surface area contributed by atoms with E-state index in [0.717, 1.165) is 58.4 Å². The van der Waals surface area contributed by atoms with Crippen LogP contribution in [0.3, 0.4) is 0 Å². The highest BCUT2D eigenvalue weighted by Gasteiger charge is 2.39. The lowest BCUT2D eigenvalue weighted by atomic mass is 9.79. The van der Waals surface area contributed by atoms with Gasteiger partial charge in [-0.25, -0.2) is 0 Å². The van der Waals surface area contributed by atoms with E-state index >= 15 is 0 Å². The van der Waals surface area contributed by atoms with Gasteiger partial charge in [0.25, 0.3) is 0 Å². The van der Waals surface area contributed by atoms with E-state index in [1.165, 1.54) is 12.8 Å². The van der Waals surface area contributed by atoms with Gasteiger partial charge in [-0.15, -0.1) is 12.4 Å². The minimum Gasteiger partial charge on any atom is -0.342 e. The molecule has 0 radical (unpaired) electrons. The van der Waals surface area contributed by atoms with E-state index in [1.807, 2.05) is 4.90 Å². The number of hydrogen-bond acceptors (Lipinski definition) is 3. The van der Waals surface area contributed by atoms with Crippen molar-refractivity contribution in [1.82, 2.24) is 15.1 Å². The van der Waals surface area contributed by atoms with Crippen LogP contribution in [0.5, 0.6) is 0 Å². The maximum absolute atomic E-state index is 12.5. The van der Waals surface area contributed by atoms with E-state index < -0.39 is 0 Å². The van der Waals surface area contributed by atoms with Gasteiger partial charge in [0.2, 0.25) is 11.8 Å². The van der Waals surface area contributed by atoms with E-state index in [1.54, 1.807) is 0 Å². The molecular formula is C17H30ClN3O2. The van der Waals surface area contributed by atoms with E-state index in [-0.39, 0.29) is 24.2 Å². The van der Waals surface area contributed by atoms with Crippen LogP contribution in [0.25, 0.3) is 0 Å². The molecule has 1 atom stereocenters. The van der Waals surface area contributed by atoms with Gasteiger partial charge >= 0.3 is 0 Å². The van der Waals surface area contributed by atoms with Crippen LogP contribution in [-0.2, 0) is 9.59 Å². The quantitative estimate of drug-likeness (QED) is 0.850. The van der Waals surface area contributed by atoms with Crippen molar-refractivity contribution < 1.29 is 9.59 Å². The first-order valence-corrected chi connectivity index (χ1v) is 8.95. The molecule has 23 heavy (non-hydrogen) atoms. The zero-order valence-corrected chi connectivity index (χ0v) is 14.8. The molecule has 1 spiro atoms. The number of hydrogen-bond donors (Lipinski definition) is 1. The third-order valence-corrected chi connectivity index (χ3v) is 5.61. The Morgan fingerprint density at radius 2 is 2.00 bits per heavy atom. The van der Waals surface area contributed by atoms with Gasteiger partial charge in [0.15, 0.2) is 0 Å². The fraction of sp³-hybridized carbons (Fsp3) is 0.882. The molecule has 0 aromatic rings. The first-order chi connectivity index (χ1) is 10.7. The number of piperidine rings is 1. The van der Waals surface area contributed by atoms with Crippen molar-refractivity contribution in [3.05, 3.63) is 0 Å². The third-order valence-electron chi connectivity index (χ3n) is 5.61. The van der Waals surface area contributed by atoms with Gasteiger partial charge in [-0.1, -0.05) is 6.42 Å². The number of carbonyl (C=O) groups is 2. The Balaban J connectivity index is 0.00000192. The molecule has 3 aliphatic rings. The summed E-state index contributed by atoms with van der Waals surface area (Å²) in [5, 5.41) is 3.45. The van der Waals surface area contributed by atoms with Gasteiger partial charge in [-0.3, -0.25) is 9.59 Å². The van der Waals surface area contributed by atoms with Crippen molar-refractivity contribution in [3.8, 4) is 0 Å². The zero-order valence-electron chi connectivity index (χ0n) is 14.0. The van der Waals surface area contributed by atoms with Crippen LogP contribution in [0.2, 0.25) is 0 Å². The van der Waals surface area contributed by atoms with E-state index in [9.17, 15) is 9.59 Å². The normalized spacial score (nSPS) is 28.6. The molecule has 0 bridgehead atoms. The SMILES string of the molecule is Cl.O=C1CCCCCN1CCC(=O)N1CCCC2(CCNC2)C1. The summed E-state index contributed by atoms with van der Waals surface area (Å²) < 4.78 is 0. The highest BCUT2D eigenvalue weighted by Crippen LogP contribution is 2.35. The fourth-order valence-corrected chi connectivity index (χ4v) is 4.23. The lowest BCUT2D eigenvalue weighted by Gasteiger charge is -2.40. The Morgan fingerprint density at radius 3 is 2.78 bits per heavy atom. The number of carbonyl (C=O) groups excluding carboxylic acids is 2. The Morgan fingerprint density at radius 1 is 1.13 bits per heavy atom. The molecule has 0 saturated carbocycles. The second-order valence-corrected chi connectivity index (χ2v) is 7.29. The molecule has 5 nitrogen and oxygen atoms in total. The smallest absolute Gasteiger partial charge is 0.224 e. The molecule has 6 heteroatoms. The second kappa shape index (κ2) is 8.34. The van der Waals surface area contributed by atoms with Gasteiger partial charge in [-0.2, -0.15) is 0 Å². The zero-order chi connectivity index (χ0) is 15.4. The van der Waals surface area contributed by atoms with Gasteiger partial charge in [0.05, 0.1) is 0 Å². The van der Waals surface area contributed by atoms with Crippen LogP contribution in [0.4, 0.5) is 0 Å². The lowest BCUT2D eigenvalue weighted by molar-refractivity contribution is -0.136. The predicted octanol–water partition coefficient (Wildman–Crippen LogP) is 1.80. The second-order valence-electron chi connectivity index (χ2n) is 7.29. The summed E-state index contributed by atoms with van der Waals surface area (Å²) in [5.41, 5.74) is 0.326. The molecule has 3 fully saturated rings. The molecule has 1 N–H and O–H groups in total. The Kier molecular flexibility index (Phi) is 6.72. The van der Waals surface area contributed by atoms with Crippen molar-refractivity contribution in [2.24, 2.45) is 5.41 Å². The minimum absolute atomic E-state index is 0. The highest BCUT2D eigenvalue weighted by molar-refractivity contribution is 5.85. The fourth-order valence-electron chi connectivity index (χ4n) is 4.23. The van der Waals surface area contributed by atoms with E-state index in [4.69, 9.17) is 0 Å². The number of amides is 2. The molecule has 1 unspecified atom stereocenters. The van der Waals surface area contributed by atoms with Crippen LogP contribution < -0.4 is 5.32 Å². The summed E-state index contributed by atoms with van der Waals surface area (Å²) in [6, 6.07) is 0. The summed E-state index contributed by atoms with van der Waals surface area (Å²) in [6.45, 7) is 5.40. The van der Waals surface area contributed by atoms with Gasteiger partial charge in [0, 0.05) is 51.0 Å². The minimum atomic E-state index is 0. The van der Waals surface area contributed by atoms with Crippen LogP contribution in [-0.4, -0.2) is 60.9 Å². The summed E-state index contributed by atoms with van der Waals surface area (Å²) in [6.07, 6.45) is 7.94. The standard InChI is InChI=1S/C17H29N3O2.ClH/c21-15-5-2-1-3-10-19(15)12-6-16(22)20-11-4-7-17(14-20)8-9-18-13-17;/h18H,1-14H2;1H. The van der Waals surface area contributed by atoms with Crippen molar-refractivity contribution in [2.45, 2.75) is 51.4 Å². The number of rotatable bonds is 3. The highest BCUT2D eigenvalue weighted by atomic mass is 35.5. The number of nitrogens with one attached hydrogen (secondary N) is 1. The molecule has 0 aromatic carbocycles. The predicted molar refractivity (Wildman–Crippen MR) is 92.6 cm³/mol. The first kappa shape index (κ1) is 18.5. The molecule has 0 aliphatic carbocycles. The molecule has 3 heterocycles. The number of halogens is 1. The molecule has 2 amide bonds. The molecule has 0 aromatic heterocycles. The van der Waals surface area contributed by atoms with Crippen molar-refractivity contribution in [1.29, 1.82) is 0 Å². The van der Waals surface area contributed by atoms with Crippen molar-refractivity contribution >= 4 is 24.2 Å². The number of nitrogens with zero attached hydrogens (tertiary/aromatic N) is 2. The van der Waals surface area contributed by atoms with Crippen LogP contribution in [0.15, 0.2) is 0 Å². The molecule has 132 valence electrons. The molecule has 3 saturated heterocycles. The maximum Gasteiger partial charge on any atom is 0.224 e. The molecule has 3 rings (SSSR count). The van der Waals surface area contributed by atoms with Crippen LogP contribution in [0, 0.1) is 5.41 Å². The maximum atomic E-state index is 12.5. The summed E-state index contributed by atoms with van der Waals surface area (Å²) in [5.74, 6) is 0.475. The van der Waals surface area contributed by atoms with Crippen LogP contribution in [0.1, 0.15) is 51.4 Å². The third kappa shape index (κ3) is 4.60. The first-order valence-electron chi connectivity index (χ1n) is 8.95. The topological polar surface area (TPSA) is 52.7 Å². The molecular weight excluding hydrogens is 314 g/mol. The summed E-state index contributed by atoms with van der Waals surface area (Å²) in [7, 11) is 0. The average molecular weight is 344 g/mol. The number of likely N-dealkylation sites (tertiary alicyclic amines) is 2. The largest absolute Gasteiger partial charge is 0.342 e. The summed E-state index contributed by atoms with van der Waals surface area (Å²) in [4.78, 5) is 28.5.